The number of carbonyl (C=O) groups is 1. The van der Waals surface area contributed by atoms with Crippen LogP contribution in [0.1, 0.15) is 22.5 Å². The van der Waals surface area contributed by atoms with E-state index in [1.54, 1.807) is 0 Å². The van der Waals surface area contributed by atoms with Crippen molar-refractivity contribution in [2.75, 3.05) is 7.11 Å². The third-order valence-electron chi connectivity index (χ3n) is 2.79. The number of pyridine rings is 1. The zero-order valence-electron chi connectivity index (χ0n) is 11.0. The molecule has 0 aliphatic heterocycles. The molecular weight excluding hydrogens is 309 g/mol. The highest BCUT2D eigenvalue weighted by Gasteiger charge is 2.22. The maximum atomic E-state index is 13.9. The lowest BCUT2D eigenvalue weighted by Gasteiger charge is -2.09. The summed E-state index contributed by atoms with van der Waals surface area (Å²) >= 11 is 0. The third-order valence-corrected chi connectivity index (χ3v) is 2.79. The maximum Gasteiger partial charge on any atom is 0.356 e. The molecule has 0 amide bonds. The predicted molar refractivity (Wildman–Crippen MR) is 65.8 cm³/mol. The highest BCUT2D eigenvalue weighted by Crippen LogP contribution is 2.31. The average Bonchev–Trinajstić information content (AvgIpc) is 2.47. The van der Waals surface area contributed by atoms with Crippen LogP contribution in [0.15, 0.2) is 24.3 Å². The molecule has 116 valence electrons. The molecule has 0 N–H and O–H groups in total. The predicted octanol–water partition coefficient (Wildman–Crippen LogP) is 3.89. The van der Waals surface area contributed by atoms with E-state index >= 15 is 0 Å². The van der Waals surface area contributed by atoms with Gasteiger partial charge in [0.05, 0.1) is 12.7 Å². The number of alkyl halides is 2. The van der Waals surface area contributed by atoms with Gasteiger partial charge in [0.1, 0.15) is 28.8 Å². The quantitative estimate of drug-likeness (QED) is 0.637. The van der Waals surface area contributed by atoms with Gasteiger partial charge in [-0.05, 0) is 24.3 Å². The van der Waals surface area contributed by atoms with Crippen molar-refractivity contribution in [2.24, 2.45) is 0 Å². The average molecular weight is 317 g/mol. The molecule has 0 aliphatic rings. The van der Waals surface area contributed by atoms with Crippen LogP contribution in [0.25, 0.3) is 11.3 Å². The van der Waals surface area contributed by atoms with E-state index in [1.807, 2.05) is 0 Å². The summed E-state index contributed by atoms with van der Waals surface area (Å²) in [6.45, 7) is 0. The lowest BCUT2D eigenvalue weighted by Crippen LogP contribution is -2.07. The summed E-state index contributed by atoms with van der Waals surface area (Å²) in [5.74, 6) is -4.88. The van der Waals surface area contributed by atoms with Crippen molar-refractivity contribution in [1.29, 1.82) is 0 Å². The Hall–Kier alpha value is -2.51. The topological polar surface area (TPSA) is 39.2 Å². The van der Waals surface area contributed by atoms with Crippen LogP contribution >= 0.6 is 0 Å². The van der Waals surface area contributed by atoms with Gasteiger partial charge in [0.25, 0.3) is 6.43 Å². The number of rotatable bonds is 3. The largest absolute Gasteiger partial charge is 0.464 e. The van der Waals surface area contributed by atoms with Crippen molar-refractivity contribution in [2.45, 2.75) is 6.43 Å². The summed E-state index contributed by atoms with van der Waals surface area (Å²) in [6.07, 6.45) is -3.09. The van der Waals surface area contributed by atoms with Crippen molar-refractivity contribution in [3.63, 3.8) is 0 Å². The second-order valence-corrected chi connectivity index (χ2v) is 4.18. The summed E-state index contributed by atoms with van der Waals surface area (Å²) < 4.78 is 70.8. The molecule has 8 heteroatoms. The number of carbonyl (C=O) groups excluding carboxylic acids is 1. The third kappa shape index (κ3) is 2.90. The fraction of sp³-hybridized carbons (Fsp3) is 0.143. The van der Waals surface area contributed by atoms with Crippen LogP contribution in [0, 0.1) is 17.5 Å². The number of halogens is 5. The minimum absolute atomic E-state index is 0.379. The second-order valence-electron chi connectivity index (χ2n) is 4.18. The standard InChI is InChI=1S/C14H8F5NO2/c1-22-14(21)10-3-2-7(15)12(20-10)11-8(16)4-6(13(18)19)5-9(11)17/h2-5,13H,1H3. The van der Waals surface area contributed by atoms with Crippen LogP contribution in [-0.4, -0.2) is 18.1 Å². The van der Waals surface area contributed by atoms with Crippen LogP contribution in [0.3, 0.4) is 0 Å². The van der Waals surface area contributed by atoms with Gasteiger partial charge in [0.15, 0.2) is 0 Å². The Labute approximate surface area is 121 Å². The molecular formula is C14H8F5NO2. The van der Waals surface area contributed by atoms with Gasteiger partial charge >= 0.3 is 5.97 Å². The molecule has 0 aliphatic carbocycles. The summed E-state index contributed by atoms with van der Waals surface area (Å²) in [7, 11) is 1.05. The Morgan fingerprint density at radius 2 is 1.68 bits per heavy atom. The van der Waals surface area contributed by atoms with E-state index in [9.17, 15) is 26.7 Å². The van der Waals surface area contributed by atoms with Crippen molar-refractivity contribution < 1.29 is 31.5 Å². The van der Waals surface area contributed by atoms with E-state index in [4.69, 9.17) is 0 Å². The van der Waals surface area contributed by atoms with E-state index in [0.717, 1.165) is 19.2 Å². The van der Waals surface area contributed by atoms with Crippen LogP contribution in [-0.2, 0) is 4.74 Å². The molecule has 1 aromatic heterocycles. The molecule has 3 nitrogen and oxygen atoms in total. The molecule has 22 heavy (non-hydrogen) atoms. The Morgan fingerprint density at radius 3 is 2.18 bits per heavy atom. The first-order valence-corrected chi connectivity index (χ1v) is 5.87. The van der Waals surface area contributed by atoms with Gasteiger partial charge < -0.3 is 4.74 Å². The first-order valence-electron chi connectivity index (χ1n) is 5.87. The number of hydrogen-bond acceptors (Lipinski definition) is 3. The second kappa shape index (κ2) is 6.08. The number of nitrogens with zero attached hydrogens (tertiary/aromatic N) is 1. The smallest absolute Gasteiger partial charge is 0.356 e. The van der Waals surface area contributed by atoms with Gasteiger partial charge in [-0.3, -0.25) is 0 Å². The lowest BCUT2D eigenvalue weighted by atomic mass is 10.1. The first-order chi connectivity index (χ1) is 10.3. The van der Waals surface area contributed by atoms with Crippen LogP contribution < -0.4 is 0 Å². The molecule has 2 rings (SSSR count). The van der Waals surface area contributed by atoms with Crippen LogP contribution in [0.4, 0.5) is 22.0 Å². The van der Waals surface area contributed by atoms with Crippen LogP contribution in [0.2, 0.25) is 0 Å². The van der Waals surface area contributed by atoms with Gasteiger partial charge in [-0.15, -0.1) is 0 Å². The van der Waals surface area contributed by atoms with E-state index in [2.05, 4.69) is 9.72 Å². The van der Waals surface area contributed by atoms with Crippen molar-refractivity contribution >= 4 is 5.97 Å². The van der Waals surface area contributed by atoms with Gasteiger partial charge in [-0.1, -0.05) is 0 Å². The highest BCUT2D eigenvalue weighted by molar-refractivity contribution is 5.87. The highest BCUT2D eigenvalue weighted by atomic mass is 19.3. The molecule has 1 aromatic carbocycles. The molecule has 0 radical (unpaired) electrons. The number of aromatic nitrogens is 1. The van der Waals surface area contributed by atoms with E-state index in [0.29, 0.717) is 12.1 Å². The molecule has 0 saturated heterocycles. The number of ether oxygens (including phenoxy) is 1. The minimum Gasteiger partial charge on any atom is -0.464 e. The Balaban J connectivity index is 2.64. The van der Waals surface area contributed by atoms with Gasteiger partial charge in [0, 0.05) is 5.56 Å². The van der Waals surface area contributed by atoms with Gasteiger partial charge in [0.2, 0.25) is 0 Å². The lowest BCUT2D eigenvalue weighted by molar-refractivity contribution is 0.0594. The monoisotopic (exact) mass is 317 g/mol. The van der Waals surface area contributed by atoms with E-state index in [-0.39, 0.29) is 5.69 Å². The Bertz CT molecular complexity index is 710. The van der Waals surface area contributed by atoms with E-state index < -0.39 is 46.7 Å². The number of benzene rings is 1. The summed E-state index contributed by atoms with van der Waals surface area (Å²) in [6, 6.07) is 2.51. The molecule has 2 aromatic rings. The summed E-state index contributed by atoms with van der Waals surface area (Å²) in [5, 5.41) is 0. The maximum absolute atomic E-state index is 13.9. The van der Waals surface area contributed by atoms with Crippen molar-refractivity contribution in [3.8, 4) is 11.3 Å². The molecule has 0 unspecified atom stereocenters. The molecule has 0 fully saturated rings. The number of esters is 1. The minimum atomic E-state index is -3.09. The number of hydrogen-bond donors (Lipinski definition) is 0. The molecule has 0 spiro atoms. The van der Waals surface area contributed by atoms with Gasteiger partial charge in [-0.2, -0.15) is 0 Å². The van der Waals surface area contributed by atoms with Gasteiger partial charge in [-0.25, -0.2) is 31.7 Å². The molecule has 1 heterocycles. The van der Waals surface area contributed by atoms with Crippen LogP contribution in [0.5, 0.6) is 0 Å². The fourth-order valence-corrected chi connectivity index (χ4v) is 1.78. The Morgan fingerprint density at radius 1 is 1.09 bits per heavy atom. The first kappa shape index (κ1) is 15.9. The fourth-order valence-electron chi connectivity index (χ4n) is 1.78. The molecule has 0 atom stereocenters. The Kier molecular flexibility index (Phi) is 4.39. The summed E-state index contributed by atoms with van der Waals surface area (Å²) in [4.78, 5) is 14.8. The normalized spacial score (nSPS) is 10.9. The van der Waals surface area contributed by atoms with Crippen molar-refractivity contribution in [3.05, 3.63) is 53.0 Å². The van der Waals surface area contributed by atoms with E-state index in [1.165, 1.54) is 0 Å². The zero-order valence-corrected chi connectivity index (χ0v) is 11.0. The SMILES string of the molecule is COC(=O)c1ccc(F)c(-c2c(F)cc(C(F)F)cc2F)n1. The zero-order chi connectivity index (χ0) is 16.4. The number of methoxy groups -OCH3 is 1. The summed E-state index contributed by atoms with van der Waals surface area (Å²) in [5.41, 5.74) is -3.01. The molecule has 0 saturated carbocycles. The van der Waals surface area contributed by atoms with Crippen molar-refractivity contribution in [1.82, 2.24) is 4.98 Å². The molecule has 0 bridgehead atoms.